The molecule has 3 N–H and O–H groups in total. The minimum atomic E-state index is -0.800. The summed E-state index contributed by atoms with van der Waals surface area (Å²) < 4.78 is 11.2. The van der Waals surface area contributed by atoms with Gasteiger partial charge in [0.05, 0.1) is 11.0 Å². The number of benzene rings is 4. The van der Waals surface area contributed by atoms with Gasteiger partial charge in [-0.3, -0.25) is 24.6 Å². The largest absolute Gasteiger partial charge is 0.449 e. The van der Waals surface area contributed by atoms with Crippen molar-refractivity contribution < 1.29 is 33.4 Å². The van der Waals surface area contributed by atoms with Crippen LogP contribution < -0.4 is 16.0 Å². The molecule has 5 amide bonds. The lowest BCUT2D eigenvalue weighted by atomic mass is 9.48. The van der Waals surface area contributed by atoms with Crippen molar-refractivity contribution >= 4 is 41.8 Å². The van der Waals surface area contributed by atoms with E-state index in [-0.39, 0.29) is 53.5 Å². The number of imide groups is 1. The number of hydrogen-bond donors (Lipinski definition) is 3. The lowest BCUT2D eigenvalue weighted by molar-refractivity contribution is -0.166. The van der Waals surface area contributed by atoms with Crippen molar-refractivity contribution in [2.75, 3.05) is 23.8 Å². The smallest absolute Gasteiger partial charge is 0.412 e. The van der Waals surface area contributed by atoms with Crippen LogP contribution in [0.1, 0.15) is 139 Å². The van der Waals surface area contributed by atoms with Crippen molar-refractivity contribution in [2.24, 2.45) is 17.3 Å². The number of amides is 5. The maximum Gasteiger partial charge on any atom is 0.412 e. The number of carbonyl (C=O) groups excluding carboxylic acids is 5. The Balaban J connectivity index is 0.882. The number of hydrogen-bond acceptors (Lipinski definition) is 7. The van der Waals surface area contributed by atoms with Gasteiger partial charge < -0.3 is 20.1 Å². The molecule has 2 saturated carbocycles. The number of alkyl carbamates (subject to hydrolysis) is 1. The molecule has 11 nitrogen and oxygen atoms in total. The molecule has 0 radical (unpaired) electrons. The highest BCUT2D eigenvalue weighted by molar-refractivity contribution is 5.94. The monoisotopic (exact) mass is 906 g/mol. The number of nitrogens with one attached hydrogen (secondary N) is 3. The van der Waals surface area contributed by atoms with Crippen LogP contribution in [0.3, 0.4) is 0 Å². The van der Waals surface area contributed by atoms with Gasteiger partial charge in [0.2, 0.25) is 18.2 Å². The summed E-state index contributed by atoms with van der Waals surface area (Å²) >= 11 is 0. The summed E-state index contributed by atoms with van der Waals surface area (Å²) in [6.07, 6.45) is 7.79. The Morgan fingerprint density at radius 3 is 1.85 bits per heavy atom. The number of anilines is 2. The maximum absolute atomic E-state index is 15.5. The highest BCUT2D eigenvalue weighted by Crippen LogP contribution is 2.61. The van der Waals surface area contributed by atoms with Gasteiger partial charge in [-0.2, -0.15) is 0 Å². The minimum Gasteiger partial charge on any atom is -0.449 e. The number of fused-ring (bicyclic) bond motifs is 9. The van der Waals surface area contributed by atoms with E-state index in [2.05, 4.69) is 92.2 Å². The van der Waals surface area contributed by atoms with E-state index in [1.165, 1.54) is 11.1 Å². The summed E-state index contributed by atoms with van der Waals surface area (Å²) in [4.78, 5) is 69.7. The molecular weight excluding hydrogens is 841 g/mol. The summed E-state index contributed by atoms with van der Waals surface area (Å²) in [7, 11) is 0. The highest BCUT2D eigenvalue weighted by Gasteiger charge is 2.61. The van der Waals surface area contributed by atoms with Crippen molar-refractivity contribution in [3.05, 3.63) is 118 Å². The topological polar surface area (TPSA) is 143 Å². The van der Waals surface area contributed by atoms with Crippen molar-refractivity contribution in [2.45, 2.75) is 141 Å². The predicted molar refractivity (Wildman–Crippen MR) is 260 cm³/mol. The van der Waals surface area contributed by atoms with Crippen LogP contribution in [-0.2, 0) is 47.5 Å². The van der Waals surface area contributed by atoms with Gasteiger partial charge in [-0.25, -0.2) is 9.59 Å². The lowest BCUT2D eigenvalue weighted by Crippen LogP contribution is -2.66. The number of nitrogens with zero attached hydrogens (tertiary/aromatic N) is 1. The first kappa shape index (κ1) is 46.2. The molecule has 0 saturated heterocycles. The van der Waals surface area contributed by atoms with Crippen molar-refractivity contribution in [1.82, 2.24) is 10.2 Å². The lowest BCUT2D eigenvalue weighted by Gasteiger charge is -2.60. The third-order valence-corrected chi connectivity index (χ3v) is 16.7. The number of rotatable bonds is 9. The SMILES string of the molecule is CC(C)(C)OC(=O)Nc1ccc2c(c1)[C@@]1(C)CCC[C@](C)(N(C=O)C(=O)[C@@]3(C)CCC[C@]4(C)c5cc(NC(=O)CNC(=O)OCC6c7ccccc7-c7ccccc76)ccc5CC[C@@H]34)[C@@H]1CC2. The molecule has 0 unspecified atom stereocenters. The van der Waals surface area contributed by atoms with Crippen LogP contribution in [0.15, 0.2) is 84.9 Å². The first-order valence-corrected chi connectivity index (χ1v) is 24.3. The van der Waals surface area contributed by atoms with E-state index >= 15 is 4.79 Å². The zero-order valence-electron chi connectivity index (χ0n) is 40.2. The Morgan fingerprint density at radius 1 is 0.701 bits per heavy atom. The first-order chi connectivity index (χ1) is 31.9. The van der Waals surface area contributed by atoms with Crippen LogP contribution in [0.25, 0.3) is 11.1 Å². The molecule has 0 bridgehead atoms. The molecule has 5 aliphatic carbocycles. The molecule has 0 heterocycles. The fourth-order valence-corrected chi connectivity index (χ4v) is 13.7. The summed E-state index contributed by atoms with van der Waals surface area (Å²) in [5, 5.41) is 8.58. The standard InChI is InChI=1S/C56H66N4O7/c1-52(2,3)67-51(65)59-38-23-19-36-21-25-47-54(5,45(36)31-38)27-13-29-56(47,7)60(34-61)49(63)55(6)28-12-26-53(4)44-30-37(22-18-35(44)20-24-46(53)55)58-48(62)32-57-50(64)66-33-43-41-16-10-8-14-39(41)40-15-9-11-17-42(40)43/h8-11,14-19,22-23,30-31,34,43,46-47H,12-13,20-21,24-29,32-33H2,1-7H3,(H,57,64)(H,58,62)(H,59,65)/t46-,47-,53-,54-,55+,56+/m1/s1. The fraction of sp³-hybridized carbons (Fsp3) is 0.482. The molecule has 67 heavy (non-hydrogen) atoms. The van der Waals surface area contributed by atoms with E-state index in [1.807, 2.05) is 57.2 Å². The van der Waals surface area contributed by atoms with Gasteiger partial charge in [-0.15, -0.1) is 0 Å². The average Bonchev–Trinajstić information content (AvgIpc) is 3.60. The molecule has 5 aliphatic rings. The molecule has 4 aromatic carbocycles. The van der Waals surface area contributed by atoms with Gasteiger partial charge in [0, 0.05) is 17.3 Å². The summed E-state index contributed by atoms with van der Waals surface area (Å²) in [5.41, 5.74) is 7.69. The second-order valence-electron chi connectivity index (χ2n) is 21.9. The third kappa shape index (κ3) is 8.20. The molecule has 0 aliphatic heterocycles. The summed E-state index contributed by atoms with van der Waals surface area (Å²) in [6.45, 7) is 14.2. The van der Waals surface area contributed by atoms with Gasteiger partial charge in [-0.05, 0) is 171 Å². The average molecular weight is 907 g/mol. The number of ether oxygens (including phenoxy) is 2. The number of carbonyl (C=O) groups is 5. The highest BCUT2D eigenvalue weighted by atomic mass is 16.6. The molecule has 352 valence electrons. The third-order valence-electron chi connectivity index (χ3n) is 16.7. The van der Waals surface area contributed by atoms with Crippen LogP contribution in [-0.4, -0.2) is 59.6 Å². The van der Waals surface area contributed by atoms with E-state index in [0.717, 1.165) is 97.6 Å². The molecule has 6 atom stereocenters. The molecular formula is C56H66N4O7. The van der Waals surface area contributed by atoms with E-state index in [4.69, 9.17) is 9.47 Å². The van der Waals surface area contributed by atoms with Crippen molar-refractivity contribution in [3.8, 4) is 11.1 Å². The van der Waals surface area contributed by atoms with Gasteiger partial charge in [0.25, 0.3) is 0 Å². The van der Waals surface area contributed by atoms with Crippen LogP contribution >= 0.6 is 0 Å². The van der Waals surface area contributed by atoms with E-state index in [0.29, 0.717) is 17.8 Å². The van der Waals surface area contributed by atoms with Gasteiger partial charge in [0.15, 0.2) is 0 Å². The number of aryl methyl sites for hydroxylation is 2. The molecule has 4 aromatic rings. The van der Waals surface area contributed by atoms with E-state index in [1.54, 1.807) is 4.90 Å². The quantitative estimate of drug-likeness (QED) is 0.142. The molecule has 0 spiro atoms. The van der Waals surface area contributed by atoms with Gasteiger partial charge in [-0.1, -0.05) is 94.3 Å². The molecule has 0 aromatic heterocycles. The van der Waals surface area contributed by atoms with E-state index < -0.39 is 28.7 Å². The van der Waals surface area contributed by atoms with Crippen LogP contribution in [0, 0.1) is 17.3 Å². The second-order valence-corrected chi connectivity index (χ2v) is 21.9. The first-order valence-electron chi connectivity index (χ1n) is 24.3. The predicted octanol–water partition coefficient (Wildman–Crippen LogP) is 11.0. The van der Waals surface area contributed by atoms with Crippen LogP contribution in [0.4, 0.5) is 21.0 Å². The van der Waals surface area contributed by atoms with Crippen molar-refractivity contribution in [1.29, 1.82) is 0 Å². The summed E-state index contributed by atoms with van der Waals surface area (Å²) in [5.74, 6) is -0.570. The van der Waals surface area contributed by atoms with Crippen LogP contribution in [0.5, 0.6) is 0 Å². The minimum absolute atomic E-state index is 0.0163. The molecule has 9 rings (SSSR count). The van der Waals surface area contributed by atoms with Gasteiger partial charge >= 0.3 is 12.2 Å². The van der Waals surface area contributed by atoms with Gasteiger partial charge in [0.1, 0.15) is 18.8 Å². The Bertz CT molecular complexity index is 2590. The molecule has 2 fully saturated rings. The van der Waals surface area contributed by atoms with Crippen molar-refractivity contribution in [3.63, 3.8) is 0 Å². The Hall–Kier alpha value is -5.97. The second kappa shape index (κ2) is 17.3. The fourth-order valence-electron chi connectivity index (χ4n) is 13.7. The normalized spacial score (nSPS) is 27.0. The summed E-state index contributed by atoms with van der Waals surface area (Å²) in [6, 6.07) is 28.5. The van der Waals surface area contributed by atoms with Crippen LogP contribution in [0.2, 0.25) is 0 Å². The Kier molecular flexibility index (Phi) is 11.9. The Morgan fingerprint density at radius 2 is 1.25 bits per heavy atom. The van der Waals surface area contributed by atoms with E-state index in [9.17, 15) is 19.2 Å². The Labute approximate surface area is 395 Å². The maximum atomic E-state index is 15.5. The zero-order chi connectivity index (χ0) is 47.5. The molecule has 11 heteroatoms. The zero-order valence-corrected chi connectivity index (χ0v) is 40.2.